The first-order valence-electron chi connectivity index (χ1n) is 6.64. The van der Waals surface area contributed by atoms with Crippen molar-refractivity contribution in [1.29, 1.82) is 0 Å². The molecule has 0 bridgehead atoms. The largest absolute Gasteiger partial charge is 0.382 e. The van der Waals surface area contributed by atoms with Gasteiger partial charge in [0.2, 0.25) is 5.89 Å². The molecular weight excluding hydrogens is 246 g/mol. The molecule has 19 heavy (non-hydrogen) atoms. The minimum atomic E-state index is -0.742. The monoisotopic (exact) mass is 269 g/mol. The van der Waals surface area contributed by atoms with Crippen LogP contribution in [-0.4, -0.2) is 36.1 Å². The lowest BCUT2D eigenvalue weighted by molar-refractivity contribution is 0.0542. The topological polar surface area (TPSA) is 83.4 Å². The molecule has 0 aromatic carbocycles. The van der Waals surface area contributed by atoms with Crippen LogP contribution in [0, 0.1) is 5.92 Å². The van der Waals surface area contributed by atoms with Crippen LogP contribution in [0.15, 0.2) is 4.52 Å². The van der Waals surface area contributed by atoms with Gasteiger partial charge < -0.3 is 19.7 Å². The maximum atomic E-state index is 6.12. The maximum absolute atomic E-state index is 6.12. The van der Waals surface area contributed by atoms with Crippen LogP contribution in [0.1, 0.15) is 45.3 Å². The number of ether oxygens (including phenoxy) is 2. The van der Waals surface area contributed by atoms with Gasteiger partial charge in [0.15, 0.2) is 5.82 Å². The van der Waals surface area contributed by atoms with E-state index in [1.54, 1.807) is 7.11 Å². The van der Waals surface area contributed by atoms with Gasteiger partial charge in [0, 0.05) is 7.11 Å². The van der Waals surface area contributed by atoms with Gasteiger partial charge in [-0.1, -0.05) is 12.1 Å². The first-order chi connectivity index (χ1) is 8.86. The van der Waals surface area contributed by atoms with E-state index >= 15 is 0 Å². The Kier molecular flexibility index (Phi) is 3.94. The fourth-order valence-corrected chi connectivity index (χ4v) is 2.66. The molecule has 6 heteroatoms. The molecule has 0 aliphatic carbocycles. The van der Waals surface area contributed by atoms with Gasteiger partial charge >= 0.3 is 0 Å². The lowest BCUT2D eigenvalue weighted by atomic mass is 9.89. The zero-order chi connectivity index (χ0) is 14.2. The van der Waals surface area contributed by atoms with E-state index < -0.39 is 5.54 Å². The van der Waals surface area contributed by atoms with E-state index in [9.17, 15) is 0 Å². The fraction of sp³-hybridized carbons (Fsp3) is 0.846. The Balaban J connectivity index is 2.22. The Morgan fingerprint density at radius 1 is 1.32 bits per heavy atom. The molecule has 0 radical (unpaired) electrons. The van der Waals surface area contributed by atoms with E-state index in [1.807, 2.05) is 13.8 Å². The number of nitrogens with zero attached hydrogens (tertiary/aromatic N) is 2. The number of nitrogens with two attached hydrogens (primary N) is 1. The maximum Gasteiger partial charge on any atom is 0.232 e. The molecule has 108 valence electrons. The summed E-state index contributed by atoms with van der Waals surface area (Å²) in [5.74, 6) is 1.54. The van der Waals surface area contributed by atoms with Gasteiger partial charge in [0.1, 0.15) is 5.54 Å². The van der Waals surface area contributed by atoms with E-state index in [2.05, 4.69) is 24.0 Å². The predicted molar refractivity (Wildman–Crippen MR) is 69.6 cm³/mol. The van der Waals surface area contributed by atoms with E-state index in [1.165, 1.54) is 0 Å². The Hall–Kier alpha value is -0.980. The summed E-state index contributed by atoms with van der Waals surface area (Å²) >= 11 is 0. The van der Waals surface area contributed by atoms with Crippen LogP contribution in [-0.2, 0) is 15.0 Å². The summed E-state index contributed by atoms with van der Waals surface area (Å²) in [4.78, 5) is 4.46. The van der Waals surface area contributed by atoms with E-state index in [4.69, 9.17) is 19.7 Å². The van der Waals surface area contributed by atoms with Crippen molar-refractivity contribution in [1.82, 2.24) is 10.1 Å². The quantitative estimate of drug-likeness (QED) is 0.890. The van der Waals surface area contributed by atoms with Crippen LogP contribution in [0.4, 0.5) is 0 Å². The lowest BCUT2D eigenvalue weighted by Gasteiger charge is -2.18. The molecule has 0 spiro atoms. The van der Waals surface area contributed by atoms with Gasteiger partial charge in [-0.25, -0.2) is 0 Å². The molecule has 1 aliphatic heterocycles. The summed E-state index contributed by atoms with van der Waals surface area (Å²) in [6, 6.07) is 0. The third kappa shape index (κ3) is 2.66. The summed E-state index contributed by atoms with van der Waals surface area (Å²) < 4.78 is 16.3. The Labute approximate surface area is 113 Å². The molecule has 1 aromatic rings. The van der Waals surface area contributed by atoms with Crippen LogP contribution < -0.4 is 5.73 Å². The van der Waals surface area contributed by atoms with Crippen molar-refractivity contribution in [2.45, 2.75) is 51.4 Å². The van der Waals surface area contributed by atoms with Crippen LogP contribution in [0.5, 0.6) is 0 Å². The van der Waals surface area contributed by atoms with Crippen LogP contribution in [0.25, 0.3) is 0 Å². The van der Waals surface area contributed by atoms with Crippen molar-refractivity contribution < 1.29 is 14.0 Å². The Bertz CT molecular complexity index is 433. The highest BCUT2D eigenvalue weighted by atomic mass is 16.5. The molecule has 5 atom stereocenters. The SMILES string of the molecule is COCC(C)(N)c1noc(C2C(C)OC(C)C2C)n1. The summed E-state index contributed by atoms with van der Waals surface area (Å²) in [5.41, 5.74) is 5.37. The number of hydrogen-bond acceptors (Lipinski definition) is 6. The van der Waals surface area contributed by atoms with Crippen LogP contribution in [0.3, 0.4) is 0 Å². The minimum Gasteiger partial charge on any atom is -0.382 e. The minimum absolute atomic E-state index is 0.0738. The normalized spacial score (nSPS) is 34.4. The zero-order valence-electron chi connectivity index (χ0n) is 12.2. The highest BCUT2D eigenvalue weighted by Crippen LogP contribution is 2.39. The van der Waals surface area contributed by atoms with Crippen molar-refractivity contribution in [2.24, 2.45) is 11.7 Å². The summed E-state index contributed by atoms with van der Waals surface area (Å²) in [6.07, 6.45) is 0.267. The lowest BCUT2D eigenvalue weighted by Crippen LogP contribution is -2.39. The number of rotatable bonds is 4. The number of hydrogen-bond donors (Lipinski definition) is 1. The molecule has 1 saturated heterocycles. The van der Waals surface area contributed by atoms with Crippen molar-refractivity contribution in [3.8, 4) is 0 Å². The molecule has 1 fully saturated rings. The van der Waals surface area contributed by atoms with Crippen molar-refractivity contribution in [3.05, 3.63) is 11.7 Å². The molecule has 5 unspecified atom stereocenters. The van der Waals surface area contributed by atoms with Crippen LogP contribution in [0.2, 0.25) is 0 Å². The standard InChI is InChI=1S/C13H23N3O3/c1-7-8(2)18-9(3)10(7)11-15-12(16-19-11)13(4,14)6-17-5/h7-10H,6,14H2,1-5H3. The van der Waals surface area contributed by atoms with E-state index in [0.29, 0.717) is 24.2 Å². The molecule has 6 nitrogen and oxygen atoms in total. The second-order valence-corrected chi connectivity index (χ2v) is 5.74. The molecule has 1 aromatic heterocycles. The van der Waals surface area contributed by atoms with Gasteiger partial charge in [0.25, 0.3) is 0 Å². The van der Waals surface area contributed by atoms with Gasteiger partial charge in [-0.3, -0.25) is 0 Å². The van der Waals surface area contributed by atoms with Crippen molar-refractivity contribution in [3.63, 3.8) is 0 Å². The Morgan fingerprint density at radius 2 is 2.00 bits per heavy atom. The molecule has 1 aliphatic rings. The third-order valence-corrected chi connectivity index (χ3v) is 3.92. The number of aromatic nitrogens is 2. The van der Waals surface area contributed by atoms with Crippen molar-refractivity contribution >= 4 is 0 Å². The van der Waals surface area contributed by atoms with E-state index in [0.717, 1.165) is 0 Å². The highest BCUT2D eigenvalue weighted by molar-refractivity contribution is 5.08. The summed E-state index contributed by atoms with van der Waals surface area (Å²) in [7, 11) is 1.60. The highest BCUT2D eigenvalue weighted by Gasteiger charge is 2.42. The van der Waals surface area contributed by atoms with Gasteiger partial charge in [-0.05, 0) is 26.7 Å². The summed E-state index contributed by atoms with van der Waals surface area (Å²) in [5, 5.41) is 4.00. The molecule has 2 heterocycles. The number of methoxy groups -OCH3 is 1. The molecule has 0 amide bonds. The van der Waals surface area contributed by atoms with E-state index in [-0.39, 0.29) is 18.1 Å². The van der Waals surface area contributed by atoms with Gasteiger partial charge in [0.05, 0.1) is 24.7 Å². The Morgan fingerprint density at radius 3 is 2.53 bits per heavy atom. The molecule has 0 saturated carbocycles. The fourth-order valence-electron chi connectivity index (χ4n) is 2.66. The van der Waals surface area contributed by atoms with Crippen molar-refractivity contribution in [2.75, 3.05) is 13.7 Å². The average Bonchev–Trinajstić information content (AvgIpc) is 2.86. The molecular formula is C13H23N3O3. The first-order valence-corrected chi connectivity index (χ1v) is 6.64. The second kappa shape index (κ2) is 5.19. The predicted octanol–water partition coefficient (Wildman–Crippen LogP) is 1.42. The third-order valence-electron chi connectivity index (χ3n) is 3.92. The smallest absolute Gasteiger partial charge is 0.232 e. The van der Waals surface area contributed by atoms with Gasteiger partial charge in [-0.15, -0.1) is 0 Å². The first kappa shape index (κ1) is 14.4. The van der Waals surface area contributed by atoms with Gasteiger partial charge in [-0.2, -0.15) is 4.98 Å². The second-order valence-electron chi connectivity index (χ2n) is 5.74. The average molecular weight is 269 g/mol. The molecule has 2 rings (SSSR count). The van der Waals surface area contributed by atoms with Crippen LogP contribution >= 0.6 is 0 Å². The molecule has 2 N–H and O–H groups in total. The zero-order valence-corrected chi connectivity index (χ0v) is 12.2. The summed E-state index contributed by atoms with van der Waals surface area (Å²) in [6.45, 7) is 8.40.